The lowest BCUT2D eigenvalue weighted by Crippen LogP contribution is -2.36. The molecule has 0 bridgehead atoms. The van der Waals surface area contributed by atoms with Gasteiger partial charge in [-0.25, -0.2) is 0 Å². The summed E-state index contributed by atoms with van der Waals surface area (Å²) in [5, 5.41) is 0. The zero-order valence-electron chi connectivity index (χ0n) is 12.4. The van der Waals surface area contributed by atoms with Gasteiger partial charge in [-0.05, 0) is 57.8 Å². The summed E-state index contributed by atoms with van der Waals surface area (Å²) < 4.78 is 0. The number of piperidine rings is 1. The SMILES string of the molecule is CC=CC(C=C(C)C(=O)N1CCCCC1)C1CCC1. The lowest BCUT2D eigenvalue weighted by atomic mass is 9.75. The lowest BCUT2D eigenvalue weighted by Gasteiger charge is -2.31. The molecule has 2 aliphatic rings. The van der Waals surface area contributed by atoms with Crippen LogP contribution in [0.1, 0.15) is 52.4 Å². The van der Waals surface area contributed by atoms with Crippen LogP contribution in [-0.2, 0) is 4.79 Å². The van der Waals surface area contributed by atoms with Crippen LogP contribution in [0.5, 0.6) is 0 Å². The second-order valence-electron chi connectivity index (χ2n) is 6.00. The van der Waals surface area contributed by atoms with E-state index in [2.05, 4.69) is 25.2 Å². The average molecular weight is 261 g/mol. The molecule has 0 aromatic rings. The Kier molecular flexibility index (Phi) is 5.24. The van der Waals surface area contributed by atoms with Crippen LogP contribution in [0.15, 0.2) is 23.8 Å². The molecule has 19 heavy (non-hydrogen) atoms. The van der Waals surface area contributed by atoms with Gasteiger partial charge in [0.25, 0.3) is 0 Å². The van der Waals surface area contributed by atoms with E-state index in [1.165, 1.54) is 38.5 Å². The fourth-order valence-electron chi connectivity index (χ4n) is 3.10. The van der Waals surface area contributed by atoms with E-state index in [1.807, 2.05) is 11.8 Å². The van der Waals surface area contributed by atoms with E-state index in [4.69, 9.17) is 0 Å². The van der Waals surface area contributed by atoms with Crippen molar-refractivity contribution in [3.8, 4) is 0 Å². The zero-order valence-corrected chi connectivity index (χ0v) is 12.4. The molecule has 1 aliphatic heterocycles. The Morgan fingerprint density at radius 1 is 1.16 bits per heavy atom. The standard InChI is InChI=1S/C17H27NO/c1-3-8-16(15-9-7-10-15)13-14(2)17(19)18-11-5-4-6-12-18/h3,8,13,15-16H,4-7,9-12H2,1-2H3. The number of carbonyl (C=O) groups excluding carboxylic acids is 1. The second kappa shape index (κ2) is 6.93. The highest BCUT2D eigenvalue weighted by Crippen LogP contribution is 2.35. The van der Waals surface area contributed by atoms with E-state index >= 15 is 0 Å². The molecule has 2 fully saturated rings. The minimum Gasteiger partial charge on any atom is -0.339 e. The molecular formula is C17H27NO. The molecule has 106 valence electrons. The maximum absolute atomic E-state index is 12.4. The molecule has 0 aromatic carbocycles. The Labute approximate surface area is 117 Å². The smallest absolute Gasteiger partial charge is 0.249 e. The molecule has 0 radical (unpaired) electrons. The number of rotatable bonds is 4. The van der Waals surface area contributed by atoms with Crippen LogP contribution in [0.3, 0.4) is 0 Å². The minimum absolute atomic E-state index is 0.258. The summed E-state index contributed by atoms with van der Waals surface area (Å²) in [5.74, 6) is 1.49. The normalized spacial score (nSPS) is 23.5. The highest BCUT2D eigenvalue weighted by atomic mass is 16.2. The van der Waals surface area contributed by atoms with Crippen molar-refractivity contribution in [2.45, 2.75) is 52.4 Å². The lowest BCUT2D eigenvalue weighted by molar-refractivity contribution is -0.127. The quantitative estimate of drug-likeness (QED) is 0.554. The van der Waals surface area contributed by atoms with Crippen LogP contribution >= 0.6 is 0 Å². The molecule has 1 heterocycles. The zero-order chi connectivity index (χ0) is 13.7. The summed E-state index contributed by atoms with van der Waals surface area (Å²) in [5.41, 5.74) is 0.942. The van der Waals surface area contributed by atoms with Gasteiger partial charge in [-0.1, -0.05) is 24.6 Å². The number of likely N-dealkylation sites (tertiary alicyclic amines) is 1. The summed E-state index contributed by atoms with van der Waals surface area (Å²) in [7, 11) is 0. The topological polar surface area (TPSA) is 20.3 Å². The number of nitrogens with zero attached hydrogens (tertiary/aromatic N) is 1. The molecule has 1 saturated heterocycles. The van der Waals surface area contributed by atoms with Crippen LogP contribution in [0.25, 0.3) is 0 Å². The second-order valence-corrected chi connectivity index (χ2v) is 6.00. The first kappa shape index (κ1) is 14.4. The number of hydrogen-bond donors (Lipinski definition) is 0. The molecule has 1 saturated carbocycles. The summed E-state index contributed by atoms with van der Waals surface area (Å²) in [6.45, 7) is 5.96. The van der Waals surface area contributed by atoms with E-state index in [0.717, 1.165) is 24.6 Å². The predicted octanol–water partition coefficient (Wildman–Crippen LogP) is 3.94. The van der Waals surface area contributed by atoms with E-state index in [0.29, 0.717) is 5.92 Å². The molecule has 0 spiro atoms. The molecule has 0 N–H and O–H groups in total. The van der Waals surface area contributed by atoms with Crippen LogP contribution < -0.4 is 0 Å². The number of hydrogen-bond acceptors (Lipinski definition) is 1. The van der Waals surface area contributed by atoms with Crippen LogP contribution in [0.2, 0.25) is 0 Å². The van der Waals surface area contributed by atoms with Crippen molar-refractivity contribution < 1.29 is 4.79 Å². The molecule has 1 atom stereocenters. The third kappa shape index (κ3) is 3.71. The molecule has 0 aromatic heterocycles. The highest BCUT2D eigenvalue weighted by molar-refractivity contribution is 5.92. The summed E-state index contributed by atoms with van der Waals surface area (Å²) in [6, 6.07) is 0. The Morgan fingerprint density at radius 2 is 1.84 bits per heavy atom. The van der Waals surface area contributed by atoms with Crippen molar-refractivity contribution >= 4 is 5.91 Å². The van der Waals surface area contributed by atoms with E-state index in [1.54, 1.807) is 0 Å². The van der Waals surface area contributed by atoms with Crippen molar-refractivity contribution in [2.24, 2.45) is 11.8 Å². The van der Waals surface area contributed by atoms with Crippen molar-refractivity contribution in [3.05, 3.63) is 23.8 Å². The molecule has 1 unspecified atom stereocenters. The van der Waals surface area contributed by atoms with Crippen LogP contribution in [-0.4, -0.2) is 23.9 Å². The maximum atomic E-state index is 12.4. The third-order valence-corrected chi connectivity index (χ3v) is 4.53. The largest absolute Gasteiger partial charge is 0.339 e. The van der Waals surface area contributed by atoms with Crippen LogP contribution in [0, 0.1) is 11.8 Å². The summed E-state index contributed by atoms with van der Waals surface area (Å²) >= 11 is 0. The van der Waals surface area contributed by atoms with Gasteiger partial charge in [0, 0.05) is 18.7 Å². The van der Waals surface area contributed by atoms with E-state index < -0.39 is 0 Å². The highest BCUT2D eigenvalue weighted by Gasteiger charge is 2.25. The van der Waals surface area contributed by atoms with Crippen molar-refractivity contribution in [1.82, 2.24) is 4.90 Å². The molecule has 2 rings (SSSR count). The number of allylic oxidation sites excluding steroid dienone is 3. The summed E-state index contributed by atoms with van der Waals surface area (Å²) in [6.07, 6.45) is 14.2. The van der Waals surface area contributed by atoms with Crippen LogP contribution in [0.4, 0.5) is 0 Å². The van der Waals surface area contributed by atoms with Gasteiger partial charge in [0.05, 0.1) is 0 Å². The third-order valence-electron chi connectivity index (χ3n) is 4.53. The maximum Gasteiger partial charge on any atom is 0.249 e. The summed E-state index contributed by atoms with van der Waals surface area (Å²) in [4.78, 5) is 14.4. The van der Waals surface area contributed by atoms with Crippen molar-refractivity contribution in [1.29, 1.82) is 0 Å². The van der Waals surface area contributed by atoms with E-state index in [9.17, 15) is 4.79 Å². The van der Waals surface area contributed by atoms with Gasteiger partial charge in [0.15, 0.2) is 0 Å². The fraction of sp³-hybridized carbons (Fsp3) is 0.706. The Hall–Kier alpha value is -1.05. The van der Waals surface area contributed by atoms with Gasteiger partial charge in [0.2, 0.25) is 5.91 Å². The van der Waals surface area contributed by atoms with Gasteiger partial charge >= 0.3 is 0 Å². The average Bonchev–Trinajstić information content (AvgIpc) is 2.37. The Balaban J connectivity index is 2.00. The Bertz CT molecular complexity index is 359. The molecule has 2 heteroatoms. The van der Waals surface area contributed by atoms with Crippen molar-refractivity contribution in [2.75, 3.05) is 13.1 Å². The van der Waals surface area contributed by atoms with Gasteiger partial charge in [-0.3, -0.25) is 4.79 Å². The molecule has 1 amide bonds. The first-order valence-electron chi connectivity index (χ1n) is 7.83. The Morgan fingerprint density at radius 3 is 2.37 bits per heavy atom. The molecule has 1 aliphatic carbocycles. The van der Waals surface area contributed by atoms with Gasteiger partial charge in [-0.15, -0.1) is 0 Å². The first-order chi connectivity index (χ1) is 9.22. The molecule has 2 nitrogen and oxygen atoms in total. The number of amides is 1. The van der Waals surface area contributed by atoms with Gasteiger partial charge in [-0.2, -0.15) is 0 Å². The first-order valence-corrected chi connectivity index (χ1v) is 7.83. The monoisotopic (exact) mass is 261 g/mol. The van der Waals surface area contributed by atoms with Gasteiger partial charge < -0.3 is 4.90 Å². The minimum atomic E-state index is 0.258. The molecular weight excluding hydrogens is 234 g/mol. The van der Waals surface area contributed by atoms with Gasteiger partial charge in [0.1, 0.15) is 0 Å². The van der Waals surface area contributed by atoms with Crippen molar-refractivity contribution in [3.63, 3.8) is 0 Å². The van der Waals surface area contributed by atoms with E-state index in [-0.39, 0.29) is 5.91 Å². The predicted molar refractivity (Wildman–Crippen MR) is 79.8 cm³/mol. The number of carbonyl (C=O) groups is 1. The fourth-order valence-corrected chi connectivity index (χ4v) is 3.10.